The number of nitrogens with one attached hydrogen (secondary N) is 1. The first-order valence-corrected chi connectivity index (χ1v) is 7.90. The van der Waals surface area contributed by atoms with Gasteiger partial charge in [-0.1, -0.05) is 0 Å². The van der Waals surface area contributed by atoms with Gasteiger partial charge in [0, 0.05) is 25.7 Å². The van der Waals surface area contributed by atoms with Gasteiger partial charge >= 0.3 is 0 Å². The Hall–Kier alpha value is -1.51. The maximum Gasteiger partial charge on any atom is 0.246 e. The highest BCUT2D eigenvalue weighted by molar-refractivity contribution is 7.89. The van der Waals surface area contributed by atoms with E-state index in [1.165, 1.54) is 28.8 Å². The number of hydrogen-bond donors (Lipinski definition) is 1. The molecule has 0 amide bonds. The summed E-state index contributed by atoms with van der Waals surface area (Å²) in [5.74, 6) is 0.340. The first kappa shape index (κ1) is 13.9. The van der Waals surface area contributed by atoms with Crippen LogP contribution in [-0.4, -0.2) is 36.8 Å². The molecule has 1 N–H and O–H groups in total. The second kappa shape index (κ2) is 5.64. The summed E-state index contributed by atoms with van der Waals surface area (Å²) in [5.41, 5.74) is 2.41. The molecule has 8 heteroatoms. The summed E-state index contributed by atoms with van der Waals surface area (Å²) >= 11 is 1.44. The zero-order valence-corrected chi connectivity index (χ0v) is 12.2. The van der Waals surface area contributed by atoms with Crippen LogP contribution >= 0.6 is 11.3 Å². The Bertz CT molecular complexity index is 640. The van der Waals surface area contributed by atoms with E-state index in [-0.39, 0.29) is 11.4 Å². The van der Waals surface area contributed by atoms with Crippen molar-refractivity contribution < 1.29 is 8.42 Å². The monoisotopic (exact) mass is 298 g/mol. The van der Waals surface area contributed by atoms with E-state index in [0.717, 1.165) is 5.69 Å². The van der Waals surface area contributed by atoms with Crippen molar-refractivity contribution in [1.82, 2.24) is 14.3 Å². The third-order valence-corrected chi connectivity index (χ3v) is 5.03. The molecule has 0 radical (unpaired) electrons. The highest BCUT2D eigenvalue weighted by atomic mass is 32.2. The van der Waals surface area contributed by atoms with E-state index in [0.29, 0.717) is 5.82 Å². The molecule has 2 rings (SSSR count). The zero-order valence-electron chi connectivity index (χ0n) is 10.6. The summed E-state index contributed by atoms with van der Waals surface area (Å²) in [6.07, 6.45) is 1.55. The first-order valence-electron chi connectivity index (χ1n) is 5.52. The highest BCUT2D eigenvalue weighted by Gasteiger charge is 2.24. The van der Waals surface area contributed by atoms with Crippen LogP contribution in [0.4, 0.5) is 5.82 Å². The van der Waals surface area contributed by atoms with E-state index in [1.807, 2.05) is 5.38 Å². The lowest BCUT2D eigenvalue weighted by Gasteiger charge is -2.17. The van der Waals surface area contributed by atoms with Crippen LogP contribution in [0.25, 0.3) is 0 Å². The molecule has 0 aliphatic heterocycles. The predicted molar refractivity (Wildman–Crippen MR) is 74.6 cm³/mol. The molecule has 0 fully saturated rings. The molecule has 0 aromatic carbocycles. The standard InChI is InChI=1S/C11H14N4O2S2/c1-12-11-10(4-3-5-13-11)19(16,17)15(2)6-9-7-18-8-14-9/h3-5,7-8H,6H2,1-2H3,(H,12,13). The molecule has 0 unspecified atom stereocenters. The fourth-order valence-electron chi connectivity index (χ4n) is 1.58. The molecular weight excluding hydrogens is 284 g/mol. The van der Waals surface area contributed by atoms with Crippen molar-refractivity contribution in [2.24, 2.45) is 0 Å². The molecule has 0 aliphatic rings. The Morgan fingerprint density at radius 2 is 2.21 bits per heavy atom. The predicted octanol–water partition coefficient (Wildman–Crippen LogP) is 1.40. The molecule has 2 aromatic heterocycles. The van der Waals surface area contributed by atoms with Crippen LogP contribution in [0.5, 0.6) is 0 Å². The Kier molecular flexibility index (Phi) is 4.13. The lowest BCUT2D eigenvalue weighted by Crippen LogP contribution is -2.27. The molecule has 0 saturated carbocycles. The molecule has 2 aromatic rings. The van der Waals surface area contributed by atoms with Crippen LogP contribution in [-0.2, 0) is 16.6 Å². The van der Waals surface area contributed by atoms with Gasteiger partial charge in [-0.05, 0) is 12.1 Å². The van der Waals surface area contributed by atoms with Crippen molar-refractivity contribution >= 4 is 27.2 Å². The summed E-state index contributed by atoms with van der Waals surface area (Å²) < 4.78 is 26.2. The number of rotatable bonds is 5. The van der Waals surface area contributed by atoms with Crippen LogP contribution in [0.1, 0.15) is 5.69 Å². The van der Waals surface area contributed by atoms with E-state index in [1.54, 1.807) is 24.8 Å². The van der Waals surface area contributed by atoms with E-state index in [9.17, 15) is 8.42 Å². The molecule has 2 heterocycles. The average Bonchev–Trinajstić information content (AvgIpc) is 2.91. The van der Waals surface area contributed by atoms with Crippen LogP contribution in [0.2, 0.25) is 0 Å². The van der Waals surface area contributed by atoms with Crippen molar-refractivity contribution in [3.05, 3.63) is 34.9 Å². The van der Waals surface area contributed by atoms with Gasteiger partial charge in [-0.15, -0.1) is 11.3 Å². The van der Waals surface area contributed by atoms with Gasteiger partial charge in [-0.25, -0.2) is 18.4 Å². The zero-order chi connectivity index (χ0) is 13.9. The van der Waals surface area contributed by atoms with E-state index in [2.05, 4.69) is 15.3 Å². The van der Waals surface area contributed by atoms with Gasteiger partial charge in [0.05, 0.1) is 17.7 Å². The fraction of sp³-hybridized carbons (Fsp3) is 0.273. The third-order valence-electron chi connectivity index (χ3n) is 2.56. The molecule has 0 atom stereocenters. The van der Waals surface area contributed by atoms with Crippen LogP contribution in [0.15, 0.2) is 34.1 Å². The molecule has 19 heavy (non-hydrogen) atoms. The molecule has 0 bridgehead atoms. The van der Waals surface area contributed by atoms with Crippen molar-refractivity contribution in [2.45, 2.75) is 11.4 Å². The normalized spacial score (nSPS) is 11.7. The van der Waals surface area contributed by atoms with Crippen molar-refractivity contribution in [2.75, 3.05) is 19.4 Å². The van der Waals surface area contributed by atoms with Crippen LogP contribution in [0, 0.1) is 0 Å². The number of nitrogens with zero attached hydrogens (tertiary/aromatic N) is 3. The second-order valence-corrected chi connectivity index (χ2v) is 6.57. The fourth-order valence-corrected chi connectivity index (χ4v) is 3.42. The lowest BCUT2D eigenvalue weighted by atomic mass is 10.5. The largest absolute Gasteiger partial charge is 0.372 e. The number of thiazole rings is 1. The van der Waals surface area contributed by atoms with Crippen molar-refractivity contribution in [3.63, 3.8) is 0 Å². The topological polar surface area (TPSA) is 75.2 Å². The van der Waals surface area contributed by atoms with Crippen LogP contribution in [0.3, 0.4) is 0 Å². The van der Waals surface area contributed by atoms with Crippen molar-refractivity contribution in [1.29, 1.82) is 0 Å². The molecule has 102 valence electrons. The number of sulfonamides is 1. The van der Waals surface area contributed by atoms with Gasteiger partial charge in [0.25, 0.3) is 0 Å². The van der Waals surface area contributed by atoms with Gasteiger partial charge in [0.1, 0.15) is 10.7 Å². The number of pyridine rings is 1. The van der Waals surface area contributed by atoms with E-state index >= 15 is 0 Å². The smallest absolute Gasteiger partial charge is 0.246 e. The molecule has 0 saturated heterocycles. The van der Waals surface area contributed by atoms with Crippen LogP contribution < -0.4 is 5.32 Å². The number of hydrogen-bond acceptors (Lipinski definition) is 6. The second-order valence-electron chi connectivity index (χ2n) is 3.84. The summed E-state index contributed by atoms with van der Waals surface area (Å²) in [4.78, 5) is 8.26. The Labute approximate surface area is 116 Å². The Morgan fingerprint density at radius 3 is 2.84 bits per heavy atom. The van der Waals surface area contributed by atoms with Gasteiger partial charge < -0.3 is 5.32 Å². The number of anilines is 1. The summed E-state index contributed by atoms with van der Waals surface area (Å²) in [6, 6.07) is 3.14. The van der Waals surface area contributed by atoms with Gasteiger partial charge in [0.15, 0.2) is 0 Å². The van der Waals surface area contributed by atoms with Gasteiger partial charge in [-0.3, -0.25) is 0 Å². The van der Waals surface area contributed by atoms with Gasteiger partial charge in [-0.2, -0.15) is 4.31 Å². The molecular formula is C11H14N4O2S2. The average molecular weight is 298 g/mol. The Morgan fingerprint density at radius 1 is 1.42 bits per heavy atom. The third kappa shape index (κ3) is 2.91. The van der Waals surface area contributed by atoms with Gasteiger partial charge in [0.2, 0.25) is 10.0 Å². The summed E-state index contributed by atoms with van der Waals surface area (Å²) in [7, 11) is -0.415. The summed E-state index contributed by atoms with van der Waals surface area (Å²) in [5, 5.41) is 4.61. The molecule has 0 spiro atoms. The lowest BCUT2D eigenvalue weighted by molar-refractivity contribution is 0.463. The maximum absolute atomic E-state index is 12.5. The molecule has 6 nitrogen and oxygen atoms in total. The first-order chi connectivity index (χ1) is 9.05. The quantitative estimate of drug-likeness (QED) is 0.903. The van der Waals surface area contributed by atoms with Crippen molar-refractivity contribution in [3.8, 4) is 0 Å². The van der Waals surface area contributed by atoms with E-state index < -0.39 is 10.0 Å². The highest BCUT2D eigenvalue weighted by Crippen LogP contribution is 2.22. The minimum atomic E-state index is -3.58. The minimum absolute atomic E-state index is 0.162. The molecule has 0 aliphatic carbocycles. The minimum Gasteiger partial charge on any atom is -0.372 e. The number of aromatic nitrogens is 2. The van der Waals surface area contributed by atoms with E-state index in [4.69, 9.17) is 0 Å². The summed E-state index contributed by atoms with van der Waals surface area (Å²) in [6.45, 7) is 0.240. The SMILES string of the molecule is CNc1ncccc1S(=O)(=O)N(C)Cc1cscn1. The maximum atomic E-state index is 12.5. The Balaban J connectivity index is 2.31.